The van der Waals surface area contributed by atoms with E-state index in [1.165, 1.54) is 0 Å². The highest BCUT2D eigenvalue weighted by atomic mass is 16.2. The fourth-order valence-electron chi connectivity index (χ4n) is 3.20. The largest absolute Gasteiger partial charge is 0.356 e. The molecule has 1 fully saturated rings. The highest BCUT2D eigenvalue weighted by molar-refractivity contribution is 5.89. The number of aryl methyl sites for hydroxylation is 1. The summed E-state index contributed by atoms with van der Waals surface area (Å²) in [7, 11) is 0. The molecule has 2 aromatic rings. The molecule has 3 rings (SSSR count). The average Bonchev–Trinajstić information content (AvgIpc) is 3.15. The normalized spacial score (nSPS) is 17.9. The Morgan fingerprint density at radius 1 is 1.38 bits per heavy atom. The molecular formula is C18H24N4O2. The lowest BCUT2D eigenvalue weighted by atomic mass is 10.1. The van der Waals surface area contributed by atoms with Gasteiger partial charge in [-0.3, -0.25) is 14.3 Å². The predicted octanol–water partition coefficient (Wildman–Crippen LogP) is 1.80. The Labute approximate surface area is 141 Å². The molecule has 1 atom stereocenters. The van der Waals surface area contributed by atoms with Gasteiger partial charge in [0.15, 0.2) is 0 Å². The fraction of sp³-hybridized carbons (Fsp3) is 0.500. The quantitative estimate of drug-likeness (QED) is 0.822. The molecule has 2 amide bonds. The summed E-state index contributed by atoms with van der Waals surface area (Å²) in [5.74, 6) is -0.157. The van der Waals surface area contributed by atoms with Crippen molar-refractivity contribution in [3.63, 3.8) is 0 Å². The van der Waals surface area contributed by atoms with E-state index in [0.717, 1.165) is 23.9 Å². The Hall–Kier alpha value is -2.37. The van der Waals surface area contributed by atoms with Crippen molar-refractivity contribution in [1.29, 1.82) is 0 Å². The first kappa shape index (κ1) is 16.5. The molecule has 1 aromatic carbocycles. The summed E-state index contributed by atoms with van der Waals surface area (Å²) in [4.78, 5) is 25.9. The molecule has 0 bridgehead atoms. The van der Waals surface area contributed by atoms with Crippen LogP contribution in [0.2, 0.25) is 0 Å². The molecule has 0 aliphatic carbocycles. The molecular weight excluding hydrogens is 304 g/mol. The average molecular weight is 328 g/mol. The third-order valence-corrected chi connectivity index (χ3v) is 4.55. The zero-order chi connectivity index (χ0) is 17.1. The molecule has 24 heavy (non-hydrogen) atoms. The maximum Gasteiger partial charge on any atom is 0.225 e. The number of benzene rings is 1. The third-order valence-electron chi connectivity index (χ3n) is 4.55. The summed E-state index contributed by atoms with van der Waals surface area (Å²) >= 11 is 0. The standard InChI is InChI=1S/C18H24N4O2/c1-13(2)21-12-15(10-17(21)23)18(24)19-8-5-9-22-16-7-4-3-6-14(16)11-20-22/h3-4,6-7,11,13,15H,5,8-10,12H2,1-2H3,(H,19,24)/t15-/m1/s1. The van der Waals surface area contributed by atoms with Crippen molar-refractivity contribution in [2.24, 2.45) is 5.92 Å². The van der Waals surface area contributed by atoms with Crippen LogP contribution >= 0.6 is 0 Å². The Balaban J connectivity index is 1.45. The van der Waals surface area contributed by atoms with Crippen LogP contribution in [-0.2, 0) is 16.1 Å². The minimum Gasteiger partial charge on any atom is -0.356 e. The molecule has 1 saturated heterocycles. The van der Waals surface area contributed by atoms with E-state index < -0.39 is 0 Å². The van der Waals surface area contributed by atoms with Crippen LogP contribution in [0.15, 0.2) is 30.5 Å². The number of nitrogens with one attached hydrogen (secondary N) is 1. The highest BCUT2D eigenvalue weighted by Crippen LogP contribution is 2.20. The van der Waals surface area contributed by atoms with Crippen LogP contribution in [0.5, 0.6) is 0 Å². The van der Waals surface area contributed by atoms with Gasteiger partial charge in [-0.1, -0.05) is 18.2 Å². The van der Waals surface area contributed by atoms with Gasteiger partial charge in [0.1, 0.15) is 0 Å². The second kappa shape index (κ2) is 7.03. The van der Waals surface area contributed by atoms with Crippen LogP contribution in [0.25, 0.3) is 10.9 Å². The first-order valence-corrected chi connectivity index (χ1v) is 8.54. The molecule has 2 heterocycles. The maximum atomic E-state index is 12.2. The molecule has 1 aliphatic rings. The summed E-state index contributed by atoms with van der Waals surface area (Å²) in [5.41, 5.74) is 1.11. The smallest absolute Gasteiger partial charge is 0.225 e. The number of hydrogen-bond acceptors (Lipinski definition) is 3. The van der Waals surface area contributed by atoms with Crippen LogP contribution in [0.3, 0.4) is 0 Å². The lowest BCUT2D eigenvalue weighted by Gasteiger charge is -2.20. The topological polar surface area (TPSA) is 67.2 Å². The minimum atomic E-state index is -0.217. The summed E-state index contributed by atoms with van der Waals surface area (Å²) in [5, 5.41) is 8.46. The lowest BCUT2D eigenvalue weighted by Crippen LogP contribution is -2.36. The molecule has 128 valence electrons. The number of fused-ring (bicyclic) bond motifs is 1. The summed E-state index contributed by atoms with van der Waals surface area (Å²) in [6, 6.07) is 8.24. The van der Waals surface area contributed by atoms with E-state index in [-0.39, 0.29) is 23.8 Å². The fourth-order valence-corrected chi connectivity index (χ4v) is 3.20. The van der Waals surface area contributed by atoms with Crippen LogP contribution in [0.1, 0.15) is 26.7 Å². The molecule has 0 saturated carbocycles. The number of carbonyl (C=O) groups excluding carboxylic acids is 2. The molecule has 1 N–H and O–H groups in total. The summed E-state index contributed by atoms with van der Waals surface area (Å²) in [6.45, 7) is 5.85. The van der Waals surface area contributed by atoms with Crippen molar-refractivity contribution in [3.05, 3.63) is 30.5 Å². The van der Waals surface area contributed by atoms with Gasteiger partial charge >= 0.3 is 0 Å². The molecule has 1 aliphatic heterocycles. The lowest BCUT2D eigenvalue weighted by molar-refractivity contribution is -0.129. The second-order valence-electron chi connectivity index (χ2n) is 6.61. The second-order valence-corrected chi connectivity index (χ2v) is 6.61. The maximum absolute atomic E-state index is 12.2. The SMILES string of the molecule is CC(C)N1C[C@H](C(=O)NCCCn2ncc3ccccc32)CC1=O. The van der Waals surface area contributed by atoms with Gasteiger partial charge in [0.05, 0.1) is 17.6 Å². The first-order chi connectivity index (χ1) is 11.6. The number of carbonyl (C=O) groups is 2. The number of rotatable bonds is 6. The molecule has 6 heteroatoms. The first-order valence-electron chi connectivity index (χ1n) is 8.54. The van der Waals surface area contributed by atoms with Crippen LogP contribution in [-0.4, -0.2) is 45.6 Å². The molecule has 6 nitrogen and oxygen atoms in total. The van der Waals surface area contributed by atoms with E-state index in [9.17, 15) is 9.59 Å². The van der Waals surface area contributed by atoms with Crippen molar-refractivity contribution in [3.8, 4) is 0 Å². The number of aromatic nitrogens is 2. The molecule has 0 spiro atoms. The predicted molar refractivity (Wildman–Crippen MR) is 92.3 cm³/mol. The zero-order valence-electron chi connectivity index (χ0n) is 14.2. The Morgan fingerprint density at radius 2 is 2.17 bits per heavy atom. The van der Waals surface area contributed by atoms with Crippen LogP contribution < -0.4 is 5.32 Å². The van der Waals surface area contributed by atoms with E-state index in [2.05, 4.69) is 10.4 Å². The van der Waals surface area contributed by atoms with Gasteiger partial charge in [-0.05, 0) is 26.3 Å². The van der Waals surface area contributed by atoms with Gasteiger partial charge in [-0.25, -0.2) is 0 Å². The Bertz CT molecular complexity index is 737. The van der Waals surface area contributed by atoms with Gasteiger partial charge in [0.25, 0.3) is 0 Å². The summed E-state index contributed by atoms with van der Waals surface area (Å²) < 4.78 is 1.96. The van der Waals surface area contributed by atoms with Crippen molar-refractivity contribution >= 4 is 22.7 Å². The van der Waals surface area contributed by atoms with Gasteiger partial charge in [0, 0.05) is 37.5 Å². The van der Waals surface area contributed by atoms with Gasteiger partial charge < -0.3 is 10.2 Å². The highest BCUT2D eigenvalue weighted by Gasteiger charge is 2.35. The van der Waals surface area contributed by atoms with E-state index in [4.69, 9.17) is 0 Å². The third kappa shape index (κ3) is 3.42. The monoisotopic (exact) mass is 328 g/mol. The Morgan fingerprint density at radius 3 is 2.92 bits per heavy atom. The van der Waals surface area contributed by atoms with Gasteiger partial charge in [-0.2, -0.15) is 5.10 Å². The van der Waals surface area contributed by atoms with Crippen molar-refractivity contribution < 1.29 is 9.59 Å². The number of hydrogen-bond donors (Lipinski definition) is 1. The molecule has 0 unspecified atom stereocenters. The Kier molecular flexibility index (Phi) is 4.83. The van der Waals surface area contributed by atoms with E-state index >= 15 is 0 Å². The van der Waals surface area contributed by atoms with Gasteiger partial charge in [0.2, 0.25) is 11.8 Å². The van der Waals surface area contributed by atoms with Crippen molar-refractivity contribution in [2.75, 3.05) is 13.1 Å². The number of nitrogens with zero attached hydrogens (tertiary/aromatic N) is 3. The van der Waals surface area contributed by atoms with Crippen LogP contribution in [0, 0.1) is 5.92 Å². The van der Waals surface area contributed by atoms with Crippen molar-refractivity contribution in [1.82, 2.24) is 20.0 Å². The van der Waals surface area contributed by atoms with Crippen molar-refractivity contribution in [2.45, 2.75) is 39.3 Å². The van der Waals surface area contributed by atoms with E-state index in [1.54, 1.807) is 4.90 Å². The number of amides is 2. The minimum absolute atomic E-state index is 0.0168. The molecule has 1 aromatic heterocycles. The van der Waals surface area contributed by atoms with E-state index in [0.29, 0.717) is 19.5 Å². The zero-order valence-corrected chi connectivity index (χ0v) is 14.2. The van der Waals surface area contributed by atoms with Gasteiger partial charge in [-0.15, -0.1) is 0 Å². The number of likely N-dealkylation sites (tertiary alicyclic amines) is 1. The molecule has 0 radical (unpaired) electrons. The number of para-hydroxylation sites is 1. The van der Waals surface area contributed by atoms with E-state index in [1.807, 2.05) is 49.0 Å². The summed E-state index contributed by atoms with van der Waals surface area (Å²) in [6.07, 6.45) is 3.00. The van der Waals surface area contributed by atoms with Crippen LogP contribution in [0.4, 0.5) is 0 Å².